The van der Waals surface area contributed by atoms with Crippen molar-refractivity contribution in [3.63, 3.8) is 0 Å². The Morgan fingerprint density at radius 3 is 0.551 bits per heavy atom. The first-order valence-electron chi connectivity index (χ1n) is 17.1. The first-order valence-corrected chi connectivity index (χ1v) is 17.1. The molecule has 251 valence electrons. The molecule has 0 heterocycles. The van der Waals surface area contributed by atoms with Gasteiger partial charge in [0.25, 0.3) is 0 Å². The molecule has 0 spiro atoms. The molecule has 0 nitrogen and oxygen atoms in total. The average Bonchev–Trinajstić information content (AvgIpc) is 3.40. The van der Waals surface area contributed by atoms with E-state index >= 15 is 0 Å². The zero-order valence-electron chi connectivity index (χ0n) is 31.6. The number of hydrogen-bond acceptors (Lipinski definition) is 0. The van der Waals surface area contributed by atoms with Crippen molar-refractivity contribution < 1.29 is 26.2 Å². The van der Waals surface area contributed by atoms with Crippen LogP contribution >= 0.6 is 0 Å². The van der Waals surface area contributed by atoms with E-state index < -0.39 is 6.15 Å². The van der Waals surface area contributed by atoms with Crippen LogP contribution in [0.25, 0.3) is 0 Å². The van der Waals surface area contributed by atoms with E-state index in [0.29, 0.717) is 0 Å². The molecule has 13 radical (unpaired) electrons. The summed E-state index contributed by atoms with van der Waals surface area (Å²) in [6, 6.07) is 43.5. The van der Waals surface area contributed by atoms with Crippen LogP contribution in [0.5, 0.6) is 0 Å². The van der Waals surface area contributed by atoms with Crippen LogP contribution in [-0.4, -0.2) is 6.15 Å². The fraction of sp³-hybridized carbons (Fsp3) is 0.213. The fourth-order valence-electron chi connectivity index (χ4n) is 6.93. The van der Waals surface area contributed by atoms with Gasteiger partial charge < -0.3 is 0 Å². The third-order valence-corrected chi connectivity index (χ3v) is 10.8. The van der Waals surface area contributed by atoms with E-state index in [-0.39, 0.29) is 26.2 Å². The number of benzene rings is 4. The zero-order chi connectivity index (χ0) is 35.4. The van der Waals surface area contributed by atoms with Crippen molar-refractivity contribution >= 4 is 28.0 Å². The molecule has 0 aliphatic heterocycles. The van der Waals surface area contributed by atoms with Gasteiger partial charge in [0.2, 0.25) is 0 Å². The number of rotatable bonds is 4. The van der Waals surface area contributed by atoms with Gasteiger partial charge in [0, 0.05) is 26.2 Å². The van der Waals surface area contributed by atoms with Gasteiger partial charge in [0.1, 0.15) is 6.15 Å². The smallest absolute Gasteiger partial charge is 0.108 e. The van der Waals surface area contributed by atoms with Crippen molar-refractivity contribution in [2.24, 2.45) is 0 Å². The molecule has 2 aliphatic carbocycles. The molecule has 0 amide bonds. The van der Waals surface area contributed by atoms with E-state index in [1.54, 1.807) is 0 Å². The molecule has 0 unspecified atom stereocenters. The molecule has 2 heteroatoms. The predicted molar refractivity (Wildman–Crippen MR) is 214 cm³/mol. The summed E-state index contributed by atoms with van der Waals surface area (Å²) in [6.07, 6.45) is 0.284. The molecule has 49 heavy (non-hydrogen) atoms. The summed E-state index contributed by atoms with van der Waals surface area (Å²) in [7, 11) is 0. The fourth-order valence-corrected chi connectivity index (χ4v) is 6.93. The third-order valence-electron chi connectivity index (χ3n) is 10.8. The van der Waals surface area contributed by atoms with Gasteiger partial charge in [-0.15, -0.1) is 0 Å². The van der Waals surface area contributed by atoms with Crippen LogP contribution in [0.3, 0.4) is 0 Å². The molecule has 4 aromatic rings. The summed E-state index contributed by atoms with van der Waals surface area (Å²) in [5.41, 5.74) is 5.36. The maximum Gasteiger partial charge on any atom is 0.108 e. The van der Waals surface area contributed by atoms with Crippen molar-refractivity contribution in [1.82, 2.24) is 0 Å². The molecule has 2 fully saturated rings. The standard InChI is InChI=1S/C24H20B.2C10H15.C3H5.Zr/c1-5-13-21(14-6-1)25(22-15-7-2-8-16-22,23-17-9-3-10-18-23)24-19-11-4-12-20-24;2*1-6-7(2)9(4)10(5)8(6)3;1-3-2;/h1-20H;2*1-5H3;3H,1-2H2;/q-1;;;;. The van der Waals surface area contributed by atoms with Crippen LogP contribution in [0.2, 0.25) is 0 Å². The summed E-state index contributed by atoms with van der Waals surface area (Å²) in [5, 5.41) is 0. The second-order valence-corrected chi connectivity index (χ2v) is 13.0. The molecule has 6 rings (SSSR count). The molecule has 0 N–H and O–H groups in total. The Bertz CT molecular complexity index is 1140. The molecular weight excluding hydrogens is 667 g/mol. The molecule has 0 atom stereocenters. The van der Waals surface area contributed by atoms with E-state index in [4.69, 9.17) is 0 Å². The molecule has 0 bridgehead atoms. The Hall–Kier alpha value is -2.17. The molecule has 0 saturated heterocycles. The van der Waals surface area contributed by atoms with Crippen molar-refractivity contribution in [3.05, 3.63) is 201 Å². The summed E-state index contributed by atoms with van der Waals surface area (Å²) in [6.45, 7) is 28.5. The number of hydrogen-bond donors (Lipinski definition) is 0. The van der Waals surface area contributed by atoms with Crippen molar-refractivity contribution in [3.8, 4) is 0 Å². The summed E-state index contributed by atoms with van der Waals surface area (Å²) in [4.78, 5) is 0. The van der Waals surface area contributed by atoms with Gasteiger partial charge >= 0.3 is 0 Å². The molecule has 4 aromatic carbocycles. The van der Waals surface area contributed by atoms with Gasteiger partial charge in [-0.2, -0.15) is 21.9 Å². The van der Waals surface area contributed by atoms with Crippen LogP contribution in [0, 0.1) is 79.4 Å². The summed E-state index contributed by atoms with van der Waals surface area (Å²) in [5.74, 6) is 14.7. The van der Waals surface area contributed by atoms with Crippen molar-refractivity contribution in [2.45, 2.75) is 69.2 Å². The molecule has 2 aliphatic rings. The Labute approximate surface area is 322 Å². The normalized spacial score (nSPS) is 17.7. The van der Waals surface area contributed by atoms with E-state index in [1.807, 2.05) is 0 Å². The third kappa shape index (κ3) is 10.00. The molecule has 2 saturated carbocycles. The summed E-state index contributed by atoms with van der Waals surface area (Å²) >= 11 is 0. The Balaban J connectivity index is 0.000000287. The Morgan fingerprint density at radius 1 is 0.306 bits per heavy atom. The summed E-state index contributed by atoms with van der Waals surface area (Å²) < 4.78 is 0. The van der Waals surface area contributed by atoms with Gasteiger partial charge in [-0.3, -0.25) is 0 Å². The first kappa shape index (κ1) is 43.0. The molecular formula is C47H55BZr-. The SMILES string of the molecule is C[C]1[C](C)[C](C)[C](C)[C]1C.C[C]1[C](C)[C](C)[C](C)[C]1C.[CH2][CH][CH2].[Zr].c1ccc([B-](c2ccccc2)(c2ccccc2)c2ccccc2)cc1. The minimum absolute atomic E-state index is 0. The van der Waals surface area contributed by atoms with Crippen LogP contribution in [0.4, 0.5) is 0 Å². The van der Waals surface area contributed by atoms with E-state index in [0.717, 1.165) is 0 Å². The minimum atomic E-state index is -1.22. The quantitative estimate of drug-likeness (QED) is 0.184. The van der Waals surface area contributed by atoms with Gasteiger partial charge in [-0.05, 0) is 79.4 Å². The predicted octanol–water partition coefficient (Wildman–Crippen LogP) is 9.86. The van der Waals surface area contributed by atoms with Gasteiger partial charge in [0.15, 0.2) is 0 Å². The first-order chi connectivity index (χ1) is 22.9. The minimum Gasteiger partial charge on any atom is -0.195 e. The van der Waals surface area contributed by atoms with Gasteiger partial charge in [-0.25, -0.2) is 0 Å². The largest absolute Gasteiger partial charge is 0.195 e. The monoisotopic (exact) mass is 720 g/mol. The van der Waals surface area contributed by atoms with Gasteiger partial charge in [0.05, 0.1) is 0 Å². The maximum atomic E-state index is 3.25. The van der Waals surface area contributed by atoms with Crippen LogP contribution < -0.4 is 21.9 Å². The van der Waals surface area contributed by atoms with E-state index in [1.165, 1.54) is 87.5 Å². The van der Waals surface area contributed by atoms with Crippen LogP contribution in [-0.2, 0) is 26.2 Å². The average molecular weight is 722 g/mol. The zero-order valence-corrected chi connectivity index (χ0v) is 34.1. The van der Waals surface area contributed by atoms with E-state index in [9.17, 15) is 0 Å². The van der Waals surface area contributed by atoms with Crippen molar-refractivity contribution in [2.75, 3.05) is 0 Å². The van der Waals surface area contributed by atoms with Crippen molar-refractivity contribution in [1.29, 1.82) is 0 Å². The van der Waals surface area contributed by atoms with Gasteiger partial charge in [-0.1, -0.05) is 191 Å². The van der Waals surface area contributed by atoms with Crippen LogP contribution in [0.15, 0.2) is 121 Å². The Kier molecular flexibility index (Phi) is 18.1. The second-order valence-electron chi connectivity index (χ2n) is 13.0. The maximum absolute atomic E-state index is 3.25. The molecule has 0 aromatic heterocycles. The topological polar surface area (TPSA) is 0 Å². The Morgan fingerprint density at radius 2 is 0.429 bits per heavy atom. The second kappa shape index (κ2) is 20.6. The van der Waals surface area contributed by atoms with Crippen LogP contribution in [0.1, 0.15) is 69.2 Å². The van der Waals surface area contributed by atoms with E-state index in [2.05, 4.69) is 204 Å².